The number of nitrogens with two attached hydrogens (primary N) is 1. The lowest BCUT2D eigenvalue weighted by Gasteiger charge is -2.16. The molecule has 3 N–H and O–H groups in total. The Morgan fingerprint density at radius 2 is 1.94 bits per heavy atom. The Balaban J connectivity index is 2.85. The van der Waals surface area contributed by atoms with Gasteiger partial charge in [0.25, 0.3) is 5.91 Å². The molecule has 100 valence electrons. The van der Waals surface area contributed by atoms with Gasteiger partial charge in [-0.15, -0.1) is 0 Å². The van der Waals surface area contributed by atoms with E-state index in [9.17, 15) is 4.79 Å². The fourth-order valence-corrected chi connectivity index (χ4v) is 2.27. The Hall–Kier alpha value is -0.930. The van der Waals surface area contributed by atoms with Crippen LogP contribution in [-0.2, 0) is 0 Å². The van der Waals surface area contributed by atoms with Crippen molar-refractivity contribution < 1.29 is 4.79 Å². The van der Waals surface area contributed by atoms with Gasteiger partial charge in [-0.25, -0.2) is 0 Å². The highest BCUT2D eigenvalue weighted by Gasteiger charge is 2.16. The molecule has 1 rings (SSSR count). The average Bonchev–Trinajstić information content (AvgIpc) is 2.21. The minimum atomic E-state index is -0.248. The Morgan fingerprint density at radius 3 is 2.50 bits per heavy atom. The Bertz CT molecular complexity index is 447. The zero-order valence-electron chi connectivity index (χ0n) is 10.8. The SMILES string of the molecule is CC(C)CC(C)NC(=O)c1cc(N)cc(Cl)c1Cl. The maximum Gasteiger partial charge on any atom is 0.253 e. The van der Waals surface area contributed by atoms with E-state index < -0.39 is 0 Å². The molecule has 0 spiro atoms. The van der Waals surface area contributed by atoms with E-state index in [4.69, 9.17) is 28.9 Å². The van der Waals surface area contributed by atoms with E-state index >= 15 is 0 Å². The molecule has 3 nitrogen and oxygen atoms in total. The molecule has 5 heteroatoms. The third-order valence-electron chi connectivity index (χ3n) is 2.50. The van der Waals surface area contributed by atoms with Crippen molar-refractivity contribution in [3.05, 3.63) is 27.7 Å². The predicted molar refractivity (Wildman–Crippen MR) is 77.3 cm³/mol. The van der Waals surface area contributed by atoms with Crippen LogP contribution in [0.4, 0.5) is 5.69 Å². The van der Waals surface area contributed by atoms with Crippen LogP contribution in [0.25, 0.3) is 0 Å². The first-order valence-electron chi connectivity index (χ1n) is 5.86. The third-order valence-corrected chi connectivity index (χ3v) is 3.30. The van der Waals surface area contributed by atoms with Gasteiger partial charge >= 0.3 is 0 Å². The molecule has 0 saturated heterocycles. The largest absolute Gasteiger partial charge is 0.399 e. The summed E-state index contributed by atoms with van der Waals surface area (Å²) in [6, 6.07) is 3.14. The van der Waals surface area contributed by atoms with Gasteiger partial charge in [-0.3, -0.25) is 4.79 Å². The molecule has 0 saturated carbocycles. The quantitative estimate of drug-likeness (QED) is 0.830. The first-order valence-corrected chi connectivity index (χ1v) is 6.62. The van der Waals surface area contributed by atoms with Crippen molar-refractivity contribution in [1.29, 1.82) is 0 Å². The highest BCUT2D eigenvalue weighted by Crippen LogP contribution is 2.28. The average molecular weight is 289 g/mol. The van der Waals surface area contributed by atoms with Crippen molar-refractivity contribution >= 4 is 34.8 Å². The van der Waals surface area contributed by atoms with Crippen molar-refractivity contribution in [2.75, 3.05) is 5.73 Å². The van der Waals surface area contributed by atoms with Crippen molar-refractivity contribution in [1.82, 2.24) is 5.32 Å². The number of hydrogen-bond acceptors (Lipinski definition) is 2. The zero-order valence-corrected chi connectivity index (χ0v) is 12.3. The first kappa shape index (κ1) is 15.1. The summed E-state index contributed by atoms with van der Waals surface area (Å²) in [4.78, 5) is 12.1. The van der Waals surface area contributed by atoms with Crippen LogP contribution in [0.3, 0.4) is 0 Å². The van der Waals surface area contributed by atoms with Gasteiger partial charge in [0, 0.05) is 11.7 Å². The van der Waals surface area contributed by atoms with Crippen LogP contribution >= 0.6 is 23.2 Å². The molecule has 0 fully saturated rings. The van der Waals surface area contributed by atoms with Gasteiger partial charge in [0.2, 0.25) is 0 Å². The Morgan fingerprint density at radius 1 is 1.33 bits per heavy atom. The molecule has 0 heterocycles. The van der Waals surface area contributed by atoms with Crippen LogP contribution < -0.4 is 11.1 Å². The van der Waals surface area contributed by atoms with Crippen molar-refractivity contribution in [3.8, 4) is 0 Å². The number of rotatable bonds is 4. The Labute approximate surface area is 118 Å². The number of halogens is 2. The molecule has 0 bridgehead atoms. The van der Waals surface area contributed by atoms with Crippen LogP contribution in [0.15, 0.2) is 12.1 Å². The lowest BCUT2D eigenvalue weighted by atomic mass is 10.0. The summed E-state index contributed by atoms with van der Waals surface area (Å²) in [6.45, 7) is 6.17. The molecular weight excluding hydrogens is 271 g/mol. The molecule has 1 aromatic carbocycles. The number of carbonyl (C=O) groups excluding carboxylic acids is 1. The molecule has 1 aromatic rings. The summed E-state index contributed by atoms with van der Waals surface area (Å²) in [5.74, 6) is 0.266. The summed E-state index contributed by atoms with van der Waals surface area (Å²) in [5.41, 5.74) is 6.39. The number of nitrogens with one attached hydrogen (secondary N) is 1. The minimum absolute atomic E-state index is 0.0776. The van der Waals surface area contributed by atoms with Gasteiger partial charge in [-0.2, -0.15) is 0 Å². The monoisotopic (exact) mass is 288 g/mol. The lowest BCUT2D eigenvalue weighted by Crippen LogP contribution is -2.33. The van der Waals surface area contributed by atoms with E-state index in [-0.39, 0.29) is 17.0 Å². The maximum atomic E-state index is 12.1. The van der Waals surface area contributed by atoms with E-state index in [0.717, 1.165) is 6.42 Å². The molecule has 1 atom stereocenters. The maximum absolute atomic E-state index is 12.1. The number of hydrogen-bond donors (Lipinski definition) is 2. The molecule has 1 amide bonds. The summed E-state index contributed by atoms with van der Waals surface area (Å²) < 4.78 is 0. The summed E-state index contributed by atoms with van der Waals surface area (Å²) in [7, 11) is 0. The van der Waals surface area contributed by atoms with Crippen molar-refractivity contribution in [2.24, 2.45) is 5.92 Å². The number of nitrogen functional groups attached to an aromatic ring is 1. The van der Waals surface area contributed by atoms with E-state index in [0.29, 0.717) is 22.2 Å². The van der Waals surface area contributed by atoms with E-state index in [2.05, 4.69) is 19.2 Å². The zero-order chi connectivity index (χ0) is 13.9. The molecule has 0 radical (unpaired) electrons. The number of carbonyl (C=O) groups is 1. The summed E-state index contributed by atoms with van der Waals surface area (Å²) in [5, 5.41) is 3.41. The summed E-state index contributed by atoms with van der Waals surface area (Å²) >= 11 is 11.9. The predicted octanol–water partition coefficient (Wildman–Crippen LogP) is 3.74. The van der Waals surface area contributed by atoms with Crippen LogP contribution in [0.2, 0.25) is 10.0 Å². The minimum Gasteiger partial charge on any atom is -0.399 e. The van der Waals surface area contributed by atoms with Crippen LogP contribution in [0, 0.1) is 5.92 Å². The molecule has 1 unspecified atom stereocenters. The number of amides is 1. The third kappa shape index (κ3) is 4.07. The van der Waals surface area contributed by atoms with E-state index in [1.807, 2.05) is 6.92 Å². The van der Waals surface area contributed by atoms with Crippen LogP contribution in [0.5, 0.6) is 0 Å². The van der Waals surface area contributed by atoms with Gasteiger partial charge in [0.1, 0.15) is 0 Å². The molecule has 0 aliphatic heterocycles. The topological polar surface area (TPSA) is 55.1 Å². The van der Waals surface area contributed by atoms with Crippen LogP contribution in [0.1, 0.15) is 37.6 Å². The van der Waals surface area contributed by atoms with Gasteiger partial charge in [0.05, 0.1) is 15.6 Å². The fraction of sp³-hybridized carbons (Fsp3) is 0.462. The van der Waals surface area contributed by atoms with Gasteiger partial charge < -0.3 is 11.1 Å². The molecular formula is C13H18Cl2N2O. The van der Waals surface area contributed by atoms with Crippen molar-refractivity contribution in [2.45, 2.75) is 33.2 Å². The highest BCUT2D eigenvalue weighted by molar-refractivity contribution is 6.44. The van der Waals surface area contributed by atoms with Crippen LogP contribution in [-0.4, -0.2) is 11.9 Å². The normalized spacial score (nSPS) is 12.6. The lowest BCUT2D eigenvalue weighted by molar-refractivity contribution is 0.0936. The summed E-state index contributed by atoms with van der Waals surface area (Å²) in [6.07, 6.45) is 0.902. The molecule has 0 aliphatic carbocycles. The van der Waals surface area contributed by atoms with Gasteiger partial charge in [-0.1, -0.05) is 37.0 Å². The molecule has 0 aromatic heterocycles. The fourth-order valence-electron chi connectivity index (χ4n) is 1.84. The molecule has 0 aliphatic rings. The van der Waals surface area contributed by atoms with Gasteiger partial charge in [0.15, 0.2) is 0 Å². The molecule has 18 heavy (non-hydrogen) atoms. The highest BCUT2D eigenvalue weighted by atomic mass is 35.5. The number of benzene rings is 1. The number of anilines is 1. The van der Waals surface area contributed by atoms with Crippen molar-refractivity contribution in [3.63, 3.8) is 0 Å². The Kier molecular flexibility index (Phi) is 5.29. The second-order valence-corrected chi connectivity index (χ2v) is 5.65. The van der Waals surface area contributed by atoms with E-state index in [1.54, 1.807) is 0 Å². The standard InChI is InChI=1S/C13H18Cl2N2O/c1-7(2)4-8(3)17-13(18)10-5-9(16)6-11(14)12(10)15/h5-8H,4,16H2,1-3H3,(H,17,18). The van der Waals surface area contributed by atoms with E-state index in [1.165, 1.54) is 12.1 Å². The van der Waals surface area contributed by atoms with Gasteiger partial charge in [-0.05, 0) is 31.4 Å². The second-order valence-electron chi connectivity index (χ2n) is 4.87. The smallest absolute Gasteiger partial charge is 0.253 e. The first-order chi connectivity index (χ1) is 8.31. The second kappa shape index (κ2) is 6.30.